The zero-order chi connectivity index (χ0) is 15.4. The molecule has 0 radical (unpaired) electrons. The molecule has 0 unspecified atom stereocenters. The van der Waals surface area contributed by atoms with Crippen molar-refractivity contribution in [2.24, 2.45) is 5.10 Å². The first-order chi connectivity index (χ1) is 10.8. The normalized spacial score (nSPS) is 13.9. The number of imidazole rings is 1. The molecule has 0 bridgehead atoms. The number of fused-ring (bicyclic) bond motifs is 1. The summed E-state index contributed by atoms with van der Waals surface area (Å²) < 4.78 is 7.13. The number of hydrazone groups is 1. The van der Waals surface area contributed by atoms with Crippen molar-refractivity contribution in [1.29, 1.82) is 0 Å². The van der Waals surface area contributed by atoms with E-state index in [-0.39, 0.29) is 5.91 Å². The van der Waals surface area contributed by atoms with Crippen LogP contribution in [0.3, 0.4) is 0 Å². The van der Waals surface area contributed by atoms with Gasteiger partial charge in [-0.1, -0.05) is 0 Å². The van der Waals surface area contributed by atoms with Gasteiger partial charge in [0.2, 0.25) is 0 Å². The number of carbonyl (C=O) groups is 1. The van der Waals surface area contributed by atoms with E-state index >= 15 is 0 Å². The maximum atomic E-state index is 12.0. The molecule has 0 saturated heterocycles. The molecular formula is C16H18N4O2. The molecule has 1 amide bonds. The van der Waals surface area contributed by atoms with Crippen molar-refractivity contribution in [3.05, 3.63) is 47.5 Å². The summed E-state index contributed by atoms with van der Waals surface area (Å²) in [6, 6.07) is 7.41. The minimum atomic E-state index is -0.285. The molecule has 1 aromatic carbocycles. The zero-order valence-corrected chi connectivity index (χ0v) is 12.5. The Morgan fingerprint density at radius 1 is 1.36 bits per heavy atom. The third kappa shape index (κ3) is 3.16. The number of amides is 1. The van der Waals surface area contributed by atoms with E-state index in [1.807, 2.05) is 28.8 Å². The summed E-state index contributed by atoms with van der Waals surface area (Å²) >= 11 is 0. The van der Waals surface area contributed by atoms with Crippen LogP contribution in [0.4, 0.5) is 0 Å². The first kappa shape index (κ1) is 14.3. The third-order valence-electron chi connectivity index (χ3n) is 3.64. The highest BCUT2D eigenvalue weighted by molar-refractivity contribution is 5.93. The predicted octanol–water partition coefficient (Wildman–Crippen LogP) is 1.99. The van der Waals surface area contributed by atoms with E-state index in [9.17, 15) is 4.79 Å². The topological polar surface area (TPSA) is 68.5 Å². The van der Waals surface area contributed by atoms with E-state index in [4.69, 9.17) is 4.74 Å². The predicted molar refractivity (Wildman–Crippen MR) is 83.2 cm³/mol. The lowest BCUT2D eigenvalue weighted by Gasteiger charge is -2.11. The summed E-state index contributed by atoms with van der Waals surface area (Å²) in [4.78, 5) is 16.4. The SMILES string of the molecule is COc1ccc(/C=N\NC(=O)c2cn3c(n2)CCCC3)cc1. The van der Waals surface area contributed by atoms with Gasteiger partial charge in [0, 0.05) is 19.2 Å². The average Bonchev–Trinajstić information content (AvgIpc) is 2.99. The molecular weight excluding hydrogens is 280 g/mol. The van der Waals surface area contributed by atoms with Crippen molar-refractivity contribution in [3.8, 4) is 5.75 Å². The second-order valence-electron chi connectivity index (χ2n) is 5.17. The molecule has 1 aromatic heterocycles. The van der Waals surface area contributed by atoms with Crippen LogP contribution in [0.25, 0.3) is 0 Å². The van der Waals surface area contributed by atoms with E-state index in [1.54, 1.807) is 19.5 Å². The highest BCUT2D eigenvalue weighted by atomic mass is 16.5. The number of nitrogens with zero attached hydrogens (tertiary/aromatic N) is 3. The van der Waals surface area contributed by atoms with Crippen molar-refractivity contribution >= 4 is 12.1 Å². The highest BCUT2D eigenvalue weighted by Crippen LogP contribution is 2.14. The monoisotopic (exact) mass is 298 g/mol. The molecule has 22 heavy (non-hydrogen) atoms. The average molecular weight is 298 g/mol. The second-order valence-corrected chi connectivity index (χ2v) is 5.17. The van der Waals surface area contributed by atoms with Gasteiger partial charge in [0.15, 0.2) is 0 Å². The molecule has 6 heteroatoms. The van der Waals surface area contributed by atoms with Crippen molar-refractivity contribution in [1.82, 2.24) is 15.0 Å². The summed E-state index contributed by atoms with van der Waals surface area (Å²) in [5, 5.41) is 3.97. The lowest BCUT2D eigenvalue weighted by Crippen LogP contribution is -2.18. The van der Waals surface area contributed by atoms with E-state index in [0.29, 0.717) is 5.69 Å². The number of hydrogen-bond acceptors (Lipinski definition) is 4. The van der Waals surface area contributed by atoms with Crippen molar-refractivity contribution in [3.63, 3.8) is 0 Å². The fourth-order valence-corrected chi connectivity index (χ4v) is 2.43. The van der Waals surface area contributed by atoms with E-state index in [2.05, 4.69) is 15.5 Å². The number of methoxy groups -OCH3 is 1. The van der Waals surface area contributed by atoms with Gasteiger partial charge in [0.25, 0.3) is 5.91 Å². The van der Waals surface area contributed by atoms with Gasteiger partial charge in [-0.2, -0.15) is 5.10 Å². The largest absolute Gasteiger partial charge is 0.497 e. The summed E-state index contributed by atoms with van der Waals surface area (Å²) in [6.45, 7) is 0.935. The summed E-state index contributed by atoms with van der Waals surface area (Å²) in [6.07, 6.45) is 6.59. The van der Waals surface area contributed by atoms with E-state index in [0.717, 1.165) is 42.9 Å². The van der Waals surface area contributed by atoms with Crippen LogP contribution in [0, 0.1) is 0 Å². The van der Waals surface area contributed by atoms with Crippen LogP contribution >= 0.6 is 0 Å². The fourth-order valence-electron chi connectivity index (χ4n) is 2.43. The van der Waals surface area contributed by atoms with Gasteiger partial charge >= 0.3 is 0 Å². The number of benzene rings is 1. The fraction of sp³-hybridized carbons (Fsp3) is 0.312. The number of aromatic nitrogens is 2. The summed E-state index contributed by atoms with van der Waals surface area (Å²) in [5.74, 6) is 1.48. The molecule has 2 heterocycles. The van der Waals surface area contributed by atoms with Gasteiger partial charge in [-0.15, -0.1) is 0 Å². The third-order valence-corrected chi connectivity index (χ3v) is 3.64. The first-order valence-electron chi connectivity index (χ1n) is 7.30. The van der Waals surface area contributed by atoms with Gasteiger partial charge in [-0.3, -0.25) is 4.79 Å². The molecule has 2 aromatic rings. The number of hydrogen-bond donors (Lipinski definition) is 1. The Hall–Kier alpha value is -2.63. The zero-order valence-electron chi connectivity index (χ0n) is 12.5. The Morgan fingerprint density at radius 3 is 2.91 bits per heavy atom. The van der Waals surface area contributed by atoms with E-state index in [1.165, 1.54) is 0 Å². The van der Waals surface area contributed by atoms with Gasteiger partial charge in [0.05, 0.1) is 13.3 Å². The second kappa shape index (κ2) is 6.43. The van der Waals surface area contributed by atoms with E-state index < -0.39 is 0 Å². The molecule has 0 atom stereocenters. The smallest absolute Gasteiger partial charge is 0.291 e. The molecule has 3 rings (SSSR count). The van der Waals surface area contributed by atoms with Crippen LogP contribution in [0.5, 0.6) is 5.75 Å². The van der Waals surface area contributed by atoms with Crippen LogP contribution in [0.1, 0.15) is 34.7 Å². The van der Waals surface area contributed by atoms with Crippen molar-refractivity contribution in [2.45, 2.75) is 25.8 Å². The Kier molecular flexibility index (Phi) is 4.18. The van der Waals surface area contributed by atoms with Crippen molar-refractivity contribution < 1.29 is 9.53 Å². The summed E-state index contributed by atoms with van der Waals surface area (Å²) in [5.41, 5.74) is 3.81. The molecule has 0 fully saturated rings. The molecule has 6 nitrogen and oxygen atoms in total. The number of ether oxygens (including phenoxy) is 1. The van der Waals surface area contributed by atoms with Gasteiger partial charge in [-0.25, -0.2) is 10.4 Å². The first-order valence-corrected chi connectivity index (χ1v) is 7.30. The van der Waals surface area contributed by atoms with Crippen molar-refractivity contribution in [2.75, 3.05) is 7.11 Å². The molecule has 0 saturated carbocycles. The highest BCUT2D eigenvalue weighted by Gasteiger charge is 2.16. The van der Waals surface area contributed by atoms with Crippen LogP contribution in [-0.2, 0) is 13.0 Å². The maximum absolute atomic E-state index is 12.0. The minimum absolute atomic E-state index is 0.285. The van der Waals surface area contributed by atoms with Crippen LogP contribution in [0.2, 0.25) is 0 Å². The van der Waals surface area contributed by atoms with Crippen LogP contribution < -0.4 is 10.2 Å². The Balaban J connectivity index is 1.61. The quantitative estimate of drug-likeness (QED) is 0.693. The maximum Gasteiger partial charge on any atom is 0.291 e. The van der Waals surface area contributed by atoms with Gasteiger partial charge < -0.3 is 9.30 Å². The molecule has 1 aliphatic heterocycles. The summed E-state index contributed by atoms with van der Waals surface area (Å²) in [7, 11) is 1.62. The number of carbonyl (C=O) groups excluding carboxylic acids is 1. The standard InChI is InChI=1S/C16H18N4O2/c1-22-13-7-5-12(6-8-13)10-17-19-16(21)14-11-20-9-3-2-4-15(20)18-14/h5-8,10-11H,2-4,9H2,1H3,(H,19,21)/b17-10-. The lowest BCUT2D eigenvalue weighted by molar-refractivity contribution is 0.0950. The Bertz CT molecular complexity index is 665. The molecule has 0 aliphatic carbocycles. The molecule has 0 spiro atoms. The van der Waals surface area contributed by atoms with Crippen LogP contribution in [0.15, 0.2) is 35.6 Å². The number of aryl methyl sites for hydroxylation is 2. The molecule has 1 aliphatic rings. The Labute approximate surface area is 128 Å². The lowest BCUT2D eigenvalue weighted by atomic mass is 10.2. The minimum Gasteiger partial charge on any atom is -0.497 e. The van der Waals surface area contributed by atoms with Crippen LogP contribution in [-0.4, -0.2) is 28.8 Å². The molecule has 114 valence electrons. The van der Waals surface area contributed by atoms with Gasteiger partial charge in [-0.05, 0) is 42.7 Å². The number of nitrogens with one attached hydrogen (secondary N) is 1. The Morgan fingerprint density at radius 2 is 2.18 bits per heavy atom. The molecule has 1 N–H and O–H groups in total. The number of rotatable bonds is 4. The van der Waals surface area contributed by atoms with Gasteiger partial charge in [0.1, 0.15) is 17.3 Å².